The van der Waals surface area contributed by atoms with Gasteiger partial charge in [-0.05, 0) is 30.0 Å². The second-order valence-electron chi connectivity index (χ2n) is 3.54. The van der Waals surface area contributed by atoms with Crippen LogP contribution >= 0.6 is 0 Å². The summed E-state index contributed by atoms with van der Waals surface area (Å²) in [4.78, 5) is 0. The molecule has 0 aliphatic rings. The van der Waals surface area contributed by atoms with Crippen LogP contribution in [0.3, 0.4) is 0 Å². The van der Waals surface area contributed by atoms with Crippen LogP contribution in [0.5, 0.6) is 5.75 Å². The van der Waals surface area contributed by atoms with Gasteiger partial charge >= 0.3 is 0 Å². The van der Waals surface area contributed by atoms with Crippen molar-refractivity contribution >= 4 is 0 Å². The highest BCUT2D eigenvalue weighted by Gasteiger charge is 2.08. The number of methoxy groups -OCH3 is 1. The zero-order valence-corrected chi connectivity index (χ0v) is 9.36. The Hall–Kier alpha value is -1.06. The molecular formula is C12H19NO2. The molecule has 0 fully saturated rings. The number of nitrogens with two attached hydrogens (primary N) is 1. The lowest BCUT2D eigenvalue weighted by Gasteiger charge is -2.13. The van der Waals surface area contributed by atoms with Gasteiger partial charge in [0, 0.05) is 12.6 Å². The lowest BCUT2D eigenvalue weighted by atomic mass is 10.0. The third-order valence-electron chi connectivity index (χ3n) is 2.55. The SMILES string of the molecule is CCc1cc(C(N)CCO)ccc1OC. The minimum absolute atomic E-state index is 0.0915. The number of rotatable bonds is 5. The summed E-state index contributed by atoms with van der Waals surface area (Å²) in [7, 11) is 1.67. The molecular weight excluding hydrogens is 190 g/mol. The number of aryl methyl sites for hydroxylation is 1. The predicted octanol–water partition coefficient (Wildman–Crippen LogP) is 1.64. The van der Waals surface area contributed by atoms with E-state index in [0.717, 1.165) is 23.3 Å². The minimum atomic E-state index is -0.0915. The Morgan fingerprint density at radius 3 is 2.73 bits per heavy atom. The number of benzene rings is 1. The van der Waals surface area contributed by atoms with Gasteiger partial charge in [-0.1, -0.05) is 19.1 Å². The van der Waals surface area contributed by atoms with Gasteiger partial charge in [0.05, 0.1) is 7.11 Å². The molecule has 15 heavy (non-hydrogen) atoms. The van der Waals surface area contributed by atoms with E-state index in [1.54, 1.807) is 7.11 Å². The lowest BCUT2D eigenvalue weighted by molar-refractivity contribution is 0.276. The van der Waals surface area contributed by atoms with Crippen LogP contribution in [0, 0.1) is 0 Å². The van der Waals surface area contributed by atoms with Crippen LogP contribution in [-0.4, -0.2) is 18.8 Å². The number of aliphatic hydroxyl groups excluding tert-OH is 1. The standard InChI is InChI=1S/C12H19NO2/c1-3-9-8-10(11(13)6-7-14)4-5-12(9)15-2/h4-5,8,11,14H,3,6-7,13H2,1-2H3. The highest BCUT2D eigenvalue weighted by atomic mass is 16.5. The second kappa shape index (κ2) is 5.73. The topological polar surface area (TPSA) is 55.5 Å². The summed E-state index contributed by atoms with van der Waals surface area (Å²) in [6, 6.07) is 5.86. The van der Waals surface area contributed by atoms with E-state index in [2.05, 4.69) is 13.0 Å². The fourth-order valence-electron chi connectivity index (χ4n) is 1.61. The Morgan fingerprint density at radius 2 is 2.20 bits per heavy atom. The summed E-state index contributed by atoms with van der Waals surface area (Å²) in [5, 5.41) is 8.82. The molecule has 0 aromatic heterocycles. The summed E-state index contributed by atoms with van der Waals surface area (Å²) in [6.45, 7) is 2.20. The number of ether oxygens (including phenoxy) is 1. The highest BCUT2D eigenvalue weighted by Crippen LogP contribution is 2.23. The van der Waals surface area contributed by atoms with Crippen LogP contribution in [-0.2, 0) is 6.42 Å². The molecule has 0 saturated heterocycles. The summed E-state index contributed by atoms with van der Waals surface area (Å²) in [6.07, 6.45) is 1.51. The Labute approximate surface area is 90.9 Å². The minimum Gasteiger partial charge on any atom is -0.496 e. The normalized spacial score (nSPS) is 12.5. The number of hydrogen-bond donors (Lipinski definition) is 2. The van der Waals surface area contributed by atoms with Gasteiger partial charge in [-0.2, -0.15) is 0 Å². The van der Waals surface area contributed by atoms with E-state index in [1.807, 2.05) is 12.1 Å². The van der Waals surface area contributed by atoms with E-state index in [0.29, 0.717) is 6.42 Å². The maximum absolute atomic E-state index is 8.82. The van der Waals surface area contributed by atoms with Crippen LogP contribution in [0.2, 0.25) is 0 Å². The summed E-state index contributed by atoms with van der Waals surface area (Å²) in [5.41, 5.74) is 8.13. The molecule has 1 unspecified atom stereocenters. The van der Waals surface area contributed by atoms with Crippen LogP contribution in [0.4, 0.5) is 0 Å². The molecule has 1 aromatic carbocycles. The van der Waals surface area contributed by atoms with Crippen molar-refractivity contribution < 1.29 is 9.84 Å². The van der Waals surface area contributed by atoms with Gasteiger partial charge in [0.25, 0.3) is 0 Å². The van der Waals surface area contributed by atoms with Gasteiger partial charge in [-0.15, -0.1) is 0 Å². The predicted molar refractivity (Wildman–Crippen MR) is 61.0 cm³/mol. The van der Waals surface area contributed by atoms with Crippen LogP contribution in [0.25, 0.3) is 0 Å². The molecule has 1 atom stereocenters. The lowest BCUT2D eigenvalue weighted by Crippen LogP contribution is -2.12. The quantitative estimate of drug-likeness (QED) is 0.775. The first-order valence-corrected chi connectivity index (χ1v) is 5.26. The smallest absolute Gasteiger partial charge is 0.122 e. The van der Waals surface area contributed by atoms with Gasteiger partial charge in [0.2, 0.25) is 0 Å². The van der Waals surface area contributed by atoms with Crippen LogP contribution in [0.15, 0.2) is 18.2 Å². The molecule has 84 valence electrons. The van der Waals surface area contributed by atoms with Gasteiger partial charge < -0.3 is 15.6 Å². The number of aliphatic hydroxyl groups is 1. The maximum atomic E-state index is 8.82. The molecule has 0 saturated carbocycles. The average molecular weight is 209 g/mol. The highest BCUT2D eigenvalue weighted by molar-refractivity contribution is 5.38. The molecule has 0 amide bonds. The Balaban J connectivity index is 2.92. The summed E-state index contributed by atoms with van der Waals surface area (Å²) >= 11 is 0. The fourth-order valence-corrected chi connectivity index (χ4v) is 1.61. The Bertz CT molecular complexity index is 312. The Morgan fingerprint density at radius 1 is 1.47 bits per heavy atom. The van der Waals surface area contributed by atoms with E-state index >= 15 is 0 Å². The van der Waals surface area contributed by atoms with Gasteiger partial charge in [-0.3, -0.25) is 0 Å². The van der Waals surface area contributed by atoms with Crippen molar-refractivity contribution in [3.63, 3.8) is 0 Å². The molecule has 0 aliphatic heterocycles. The van der Waals surface area contributed by atoms with Gasteiger partial charge in [0.15, 0.2) is 0 Å². The molecule has 3 heteroatoms. The third-order valence-corrected chi connectivity index (χ3v) is 2.55. The zero-order chi connectivity index (χ0) is 11.3. The van der Waals surface area contributed by atoms with E-state index in [-0.39, 0.29) is 12.6 Å². The largest absolute Gasteiger partial charge is 0.496 e. The van der Waals surface area contributed by atoms with E-state index in [4.69, 9.17) is 15.6 Å². The number of hydrogen-bond acceptors (Lipinski definition) is 3. The van der Waals surface area contributed by atoms with Gasteiger partial charge in [-0.25, -0.2) is 0 Å². The molecule has 0 spiro atoms. The van der Waals surface area contributed by atoms with Crippen molar-refractivity contribution in [3.05, 3.63) is 29.3 Å². The molecule has 1 rings (SSSR count). The maximum Gasteiger partial charge on any atom is 0.122 e. The molecule has 1 aromatic rings. The second-order valence-corrected chi connectivity index (χ2v) is 3.54. The van der Waals surface area contributed by atoms with Crippen molar-refractivity contribution in [2.45, 2.75) is 25.8 Å². The van der Waals surface area contributed by atoms with Crippen LogP contribution < -0.4 is 10.5 Å². The monoisotopic (exact) mass is 209 g/mol. The zero-order valence-electron chi connectivity index (χ0n) is 9.36. The summed E-state index contributed by atoms with van der Waals surface area (Å²) in [5.74, 6) is 0.900. The van der Waals surface area contributed by atoms with Crippen molar-refractivity contribution in [3.8, 4) is 5.75 Å². The van der Waals surface area contributed by atoms with Crippen molar-refractivity contribution in [1.29, 1.82) is 0 Å². The van der Waals surface area contributed by atoms with E-state index in [1.165, 1.54) is 0 Å². The molecule has 3 nitrogen and oxygen atoms in total. The van der Waals surface area contributed by atoms with E-state index < -0.39 is 0 Å². The molecule has 0 bridgehead atoms. The van der Waals surface area contributed by atoms with Crippen molar-refractivity contribution in [1.82, 2.24) is 0 Å². The van der Waals surface area contributed by atoms with Gasteiger partial charge in [0.1, 0.15) is 5.75 Å². The first kappa shape index (κ1) is 12.0. The molecule has 0 heterocycles. The van der Waals surface area contributed by atoms with E-state index in [9.17, 15) is 0 Å². The molecule has 0 radical (unpaired) electrons. The molecule has 3 N–H and O–H groups in total. The Kier molecular flexibility index (Phi) is 4.59. The van der Waals surface area contributed by atoms with Crippen molar-refractivity contribution in [2.24, 2.45) is 5.73 Å². The third kappa shape index (κ3) is 2.94. The first-order chi connectivity index (χ1) is 7.22. The first-order valence-electron chi connectivity index (χ1n) is 5.26. The van der Waals surface area contributed by atoms with Crippen molar-refractivity contribution in [2.75, 3.05) is 13.7 Å². The molecule has 0 aliphatic carbocycles. The summed E-state index contributed by atoms with van der Waals surface area (Å²) < 4.78 is 5.24. The average Bonchev–Trinajstić information content (AvgIpc) is 2.28. The fraction of sp³-hybridized carbons (Fsp3) is 0.500. The van der Waals surface area contributed by atoms with Crippen LogP contribution in [0.1, 0.15) is 30.5 Å².